The standard InChI is InChI=1S/C17H22N2O3.ClH/c20-16(12-18-9-8-14(11-18)17(21)22)19(15-6-7-15)10-13-4-2-1-3-5-13;/h1-5,14-15H,6-12H2,(H,21,22);1H. The van der Waals surface area contributed by atoms with E-state index in [0.29, 0.717) is 38.6 Å². The molecule has 0 radical (unpaired) electrons. The Morgan fingerprint density at radius 3 is 2.43 bits per heavy atom. The molecule has 126 valence electrons. The van der Waals surface area contributed by atoms with Crippen molar-refractivity contribution in [3.05, 3.63) is 35.9 Å². The number of hydrogen-bond donors (Lipinski definition) is 1. The van der Waals surface area contributed by atoms with Gasteiger partial charge in [0.15, 0.2) is 0 Å². The largest absolute Gasteiger partial charge is 0.481 e. The van der Waals surface area contributed by atoms with Gasteiger partial charge in [0.05, 0.1) is 12.5 Å². The maximum atomic E-state index is 12.6. The molecule has 1 aliphatic heterocycles. The smallest absolute Gasteiger partial charge is 0.307 e. The maximum absolute atomic E-state index is 12.6. The van der Waals surface area contributed by atoms with Crippen molar-refractivity contribution in [2.75, 3.05) is 19.6 Å². The summed E-state index contributed by atoms with van der Waals surface area (Å²) in [5.41, 5.74) is 1.15. The molecule has 1 N–H and O–H groups in total. The van der Waals surface area contributed by atoms with E-state index < -0.39 is 5.97 Å². The number of carbonyl (C=O) groups is 2. The SMILES string of the molecule is Cl.O=C(O)C1CCN(CC(=O)N(Cc2ccccc2)C2CC2)C1. The number of benzene rings is 1. The summed E-state index contributed by atoms with van der Waals surface area (Å²) >= 11 is 0. The molecule has 2 fully saturated rings. The molecule has 2 aliphatic rings. The minimum absolute atomic E-state index is 0. The monoisotopic (exact) mass is 338 g/mol. The molecule has 23 heavy (non-hydrogen) atoms. The second-order valence-corrected chi connectivity index (χ2v) is 6.30. The summed E-state index contributed by atoms with van der Waals surface area (Å²) < 4.78 is 0. The van der Waals surface area contributed by atoms with E-state index in [-0.39, 0.29) is 24.2 Å². The van der Waals surface area contributed by atoms with Gasteiger partial charge >= 0.3 is 5.97 Å². The van der Waals surface area contributed by atoms with Gasteiger partial charge in [-0.15, -0.1) is 12.4 Å². The predicted octanol–water partition coefficient (Wildman–Crippen LogP) is 2.01. The average molecular weight is 339 g/mol. The van der Waals surface area contributed by atoms with Gasteiger partial charge in [-0.1, -0.05) is 30.3 Å². The van der Waals surface area contributed by atoms with Crippen molar-refractivity contribution >= 4 is 24.3 Å². The molecule has 1 amide bonds. The number of rotatable bonds is 6. The summed E-state index contributed by atoms with van der Waals surface area (Å²) in [4.78, 5) is 27.5. The third kappa shape index (κ3) is 4.69. The van der Waals surface area contributed by atoms with Crippen LogP contribution in [0.25, 0.3) is 0 Å². The van der Waals surface area contributed by atoms with Crippen LogP contribution in [0.3, 0.4) is 0 Å². The van der Waals surface area contributed by atoms with E-state index in [1.165, 1.54) is 0 Å². The molecule has 1 aromatic rings. The van der Waals surface area contributed by atoms with Crippen LogP contribution in [0.1, 0.15) is 24.8 Å². The van der Waals surface area contributed by atoms with E-state index >= 15 is 0 Å². The van der Waals surface area contributed by atoms with Crippen molar-refractivity contribution in [1.82, 2.24) is 9.80 Å². The van der Waals surface area contributed by atoms with Crippen LogP contribution in [0.15, 0.2) is 30.3 Å². The molecule has 3 rings (SSSR count). The van der Waals surface area contributed by atoms with Gasteiger partial charge in [0.25, 0.3) is 0 Å². The third-order valence-corrected chi connectivity index (χ3v) is 4.48. The van der Waals surface area contributed by atoms with Gasteiger partial charge < -0.3 is 10.0 Å². The van der Waals surface area contributed by atoms with Crippen LogP contribution in [0.2, 0.25) is 0 Å². The highest BCUT2D eigenvalue weighted by atomic mass is 35.5. The molecule has 1 atom stereocenters. The Morgan fingerprint density at radius 2 is 1.87 bits per heavy atom. The lowest BCUT2D eigenvalue weighted by molar-refractivity contribution is -0.141. The van der Waals surface area contributed by atoms with Crippen molar-refractivity contribution in [2.24, 2.45) is 5.92 Å². The predicted molar refractivity (Wildman–Crippen MR) is 89.4 cm³/mol. The zero-order chi connectivity index (χ0) is 15.5. The molecule has 5 nitrogen and oxygen atoms in total. The molecule has 1 saturated carbocycles. The second-order valence-electron chi connectivity index (χ2n) is 6.30. The number of hydrogen-bond acceptors (Lipinski definition) is 3. The molecule has 0 aromatic heterocycles. The maximum Gasteiger partial charge on any atom is 0.307 e. The van der Waals surface area contributed by atoms with Crippen LogP contribution in [0.5, 0.6) is 0 Å². The molecular formula is C17H23ClN2O3. The van der Waals surface area contributed by atoms with E-state index in [2.05, 4.69) is 0 Å². The molecule has 0 bridgehead atoms. The normalized spacial score (nSPS) is 20.8. The van der Waals surface area contributed by atoms with Gasteiger partial charge in [-0.3, -0.25) is 14.5 Å². The van der Waals surface area contributed by atoms with E-state index in [4.69, 9.17) is 5.11 Å². The van der Waals surface area contributed by atoms with E-state index in [9.17, 15) is 9.59 Å². The topological polar surface area (TPSA) is 60.9 Å². The number of amides is 1. The minimum atomic E-state index is -0.752. The van der Waals surface area contributed by atoms with Gasteiger partial charge in [0.2, 0.25) is 5.91 Å². The first-order valence-corrected chi connectivity index (χ1v) is 7.92. The van der Waals surface area contributed by atoms with Gasteiger partial charge in [0, 0.05) is 19.1 Å². The van der Waals surface area contributed by atoms with Gasteiger partial charge in [-0.05, 0) is 31.4 Å². The van der Waals surface area contributed by atoms with Crippen LogP contribution in [0.4, 0.5) is 0 Å². The lowest BCUT2D eigenvalue weighted by Gasteiger charge is -2.25. The zero-order valence-corrected chi connectivity index (χ0v) is 13.9. The Kier molecular flexibility index (Phi) is 6.02. The Bertz CT molecular complexity index is 548. The minimum Gasteiger partial charge on any atom is -0.481 e. The van der Waals surface area contributed by atoms with Crippen molar-refractivity contribution in [3.63, 3.8) is 0 Å². The van der Waals surface area contributed by atoms with Crippen LogP contribution in [-0.2, 0) is 16.1 Å². The Morgan fingerprint density at radius 1 is 1.17 bits per heavy atom. The average Bonchev–Trinajstić information content (AvgIpc) is 3.24. The lowest BCUT2D eigenvalue weighted by Crippen LogP contribution is -2.40. The second kappa shape index (κ2) is 7.79. The molecule has 6 heteroatoms. The lowest BCUT2D eigenvalue weighted by atomic mass is 10.1. The quantitative estimate of drug-likeness (QED) is 0.862. The molecule has 0 spiro atoms. The number of carbonyl (C=O) groups excluding carboxylic acids is 1. The van der Waals surface area contributed by atoms with Crippen LogP contribution >= 0.6 is 12.4 Å². The Balaban J connectivity index is 0.00000192. The fourth-order valence-electron chi connectivity index (χ4n) is 3.05. The summed E-state index contributed by atoms with van der Waals surface area (Å²) in [6.07, 6.45) is 2.80. The molecular weight excluding hydrogens is 316 g/mol. The summed E-state index contributed by atoms with van der Waals surface area (Å²) in [6, 6.07) is 10.4. The number of likely N-dealkylation sites (tertiary alicyclic amines) is 1. The summed E-state index contributed by atoms with van der Waals surface area (Å²) in [5.74, 6) is -0.952. The Labute approximate surface area is 142 Å². The van der Waals surface area contributed by atoms with Crippen LogP contribution < -0.4 is 0 Å². The first-order chi connectivity index (χ1) is 10.6. The summed E-state index contributed by atoms with van der Waals surface area (Å²) in [5, 5.41) is 9.05. The Hall–Kier alpha value is -1.59. The number of carboxylic acid groups (broad SMARTS) is 1. The van der Waals surface area contributed by atoms with E-state index in [1.807, 2.05) is 40.1 Å². The number of halogens is 1. The summed E-state index contributed by atoms with van der Waals surface area (Å²) in [6.45, 7) is 2.19. The van der Waals surface area contributed by atoms with Gasteiger partial charge in [-0.2, -0.15) is 0 Å². The zero-order valence-electron chi connectivity index (χ0n) is 13.1. The van der Waals surface area contributed by atoms with E-state index in [0.717, 1.165) is 18.4 Å². The van der Waals surface area contributed by atoms with Crippen molar-refractivity contribution in [3.8, 4) is 0 Å². The highest BCUT2D eigenvalue weighted by Gasteiger charge is 2.35. The first kappa shape index (κ1) is 17.8. The van der Waals surface area contributed by atoms with Gasteiger partial charge in [0.1, 0.15) is 0 Å². The number of nitrogens with zero attached hydrogens (tertiary/aromatic N) is 2. The molecule has 1 heterocycles. The van der Waals surface area contributed by atoms with Crippen molar-refractivity contribution in [2.45, 2.75) is 31.8 Å². The first-order valence-electron chi connectivity index (χ1n) is 7.92. The molecule has 1 aromatic carbocycles. The third-order valence-electron chi connectivity index (χ3n) is 4.48. The molecule has 1 saturated heterocycles. The number of carboxylic acids is 1. The highest BCUT2D eigenvalue weighted by Crippen LogP contribution is 2.29. The summed E-state index contributed by atoms with van der Waals surface area (Å²) in [7, 11) is 0. The van der Waals surface area contributed by atoms with Crippen molar-refractivity contribution < 1.29 is 14.7 Å². The van der Waals surface area contributed by atoms with Crippen molar-refractivity contribution in [1.29, 1.82) is 0 Å². The fraction of sp³-hybridized carbons (Fsp3) is 0.529. The molecule has 1 unspecified atom stereocenters. The van der Waals surface area contributed by atoms with Crippen LogP contribution in [0, 0.1) is 5.92 Å². The number of aliphatic carboxylic acids is 1. The molecule has 1 aliphatic carbocycles. The van der Waals surface area contributed by atoms with Gasteiger partial charge in [-0.25, -0.2) is 0 Å². The fourth-order valence-corrected chi connectivity index (χ4v) is 3.05. The van der Waals surface area contributed by atoms with E-state index in [1.54, 1.807) is 0 Å². The highest BCUT2D eigenvalue weighted by molar-refractivity contribution is 5.85. The van der Waals surface area contributed by atoms with Crippen LogP contribution in [-0.4, -0.2) is 52.5 Å².